The SMILES string of the molecule is CNC(C)Cc1noc(-c2ccc(Cl)c(I)c2)n1. The summed E-state index contributed by atoms with van der Waals surface area (Å²) in [5.41, 5.74) is 0.889. The molecule has 0 fully saturated rings. The van der Waals surface area contributed by atoms with Crippen molar-refractivity contribution in [2.24, 2.45) is 0 Å². The number of nitrogens with one attached hydrogen (secondary N) is 1. The molecule has 1 aromatic carbocycles. The molecular weight excluding hydrogens is 365 g/mol. The van der Waals surface area contributed by atoms with Crippen molar-refractivity contribution in [3.8, 4) is 11.5 Å². The molecule has 0 bridgehead atoms. The topological polar surface area (TPSA) is 51.0 Å². The van der Waals surface area contributed by atoms with Crippen molar-refractivity contribution in [1.82, 2.24) is 15.5 Å². The maximum absolute atomic E-state index is 5.98. The second kappa shape index (κ2) is 5.99. The van der Waals surface area contributed by atoms with E-state index in [9.17, 15) is 0 Å². The van der Waals surface area contributed by atoms with Gasteiger partial charge in [-0.15, -0.1) is 0 Å². The zero-order chi connectivity index (χ0) is 13.1. The van der Waals surface area contributed by atoms with Gasteiger partial charge in [0.25, 0.3) is 5.89 Å². The third-order valence-corrected chi connectivity index (χ3v) is 4.16. The molecular formula is C12H13ClIN3O. The Morgan fingerprint density at radius 2 is 2.28 bits per heavy atom. The van der Waals surface area contributed by atoms with E-state index in [4.69, 9.17) is 16.1 Å². The fourth-order valence-corrected chi connectivity index (χ4v) is 2.09. The van der Waals surface area contributed by atoms with Gasteiger partial charge >= 0.3 is 0 Å². The molecule has 1 aromatic heterocycles. The Morgan fingerprint density at radius 3 is 2.94 bits per heavy atom. The van der Waals surface area contributed by atoms with Crippen molar-refractivity contribution in [2.75, 3.05) is 7.05 Å². The molecule has 4 nitrogen and oxygen atoms in total. The Kier molecular flexibility index (Phi) is 4.58. The van der Waals surface area contributed by atoms with Gasteiger partial charge in [-0.1, -0.05) is 16.8 Å². The summed E-state index contributed by atoms with van der Waals surface area (Å²) in [6.45, 7) is 2.07. The summed E-state index contributed by atoms with van der Waals surface area (Å²) in [5.74, 6) is 1.24. The fraction of sp³-hybridized carbons (Fsp3) is 0.333. The molecule has 0 spiro atoms. The summed E-state index contributed by atoms with van der Waals surface area (Å²) in [4.78, 5) is 4.38. The van der Waals surface area contributed by atoms with Crippen molar-refractivity contribution in [3.63, 3.8) is 0 Å². The quantitative estimate of drug-likeness (QED) is 0.832. The molecule has 2 rings (SSSR count). The number of benzene rings is 1. The van der Waals surface area contributed by atoms with Crippen molar-refractivity contribution >= 4 is 34.2 Å². The van der Waals surface area contributed by atoms with Gasteiger partial charge in [-0.05, 0) is 54.8 Å². The van der Waals surface area contributed by atoms with Crippen LogP contribution in [-0.4, -0.2) is 23.2 Å². The highest BCUT2D eigenvalue weighted by Crippen LogP contribution is 2.25. The molecule has 0 amide bonds. The number of hydrogen-bond donors (Lipinski definition) is 1. The molecule has 1 heterocycles. The van der Waals surface area contributed by atoms with E-state index in [1.165, 1.54) is 0 Å². The van der Waals surface area contributed by atoms with Gasteiger partial charge in [0.1, 0.15) is 0 Å². The summed E-state index contributed by atoms with van der Waals surface area (Å²) < 4.78 is 6.22. The van der Waals surface area contributed by atoms with E-state index in [0.717, 1.165) is 20.6 Å². The van der Waals surface area contributed by atoms with Crippen molar-refractivity contribution in [2.45, 2.75) is 19.4 Å². The van der Waals surface area contributed by atoms with Crippen LogP contribution in [0.25, 0.3) is 11.5 Å². The second-order valence-electron chi connectivity index (χ2n) is 4.04. The summed E-state index contributed by atoms with van der Waals surface area (Å²) >= 11 is 8.16. The largest absolute Gasteiger partial charge is 0.334 e. The van der Waals surface area contributed by atoms with Crippen LogP contribution in [0.2, 0.25) is 5.02 Å². The van der Waals surface area contributed by atoms with E-state index >= 15 is 0 Å². The zero-order valence-electron chi connectivity index (χ0n) is 10.1. The van der Waals surface area contributed by atoms with Crippen LogP contribution in [0.4, 0.5) is 0 Å². The molecule has 18 heavy (non-hydrogen) atoms. The lowest BCUT2D eigenvalue weighted by molar-refractivity contribution is 0.418. The number of aromatic nitrogens is 2. The van der Waals surface area contributed by atoms with E-state index in [0.29, 0.717) is 17.8 Å². The predicted molar refractivity (Wildman–Crippen MR) is 79.7 cm³/mol. The third-order valence-electron chi connectivity index (χ3n) is 2.62. The average Bonchev–Trinajstić information content (AvgIpc) is 2.81. The van der Waals surface area contributed by atoms with Gasteiger partial charge in [0.2, 0.25) is 0 Å². The average molecular weight is 378 g/mol. The van der Waals surface area contributed by atoms with Gasteiger partial charge in [-0.2, -0.15) is 4.98 Å². The van der Waals surface area contributed by atoms with Crippen LogP contribution in [0.5, 0.6) is 0 Å². The van der Waals surface area contributed by atoms with Crippen LogP contribution in [0.1, 0.15) is 12.7 Å². The van der Waals surface area contributed by atoms with Crippen LogP contribution >= 0.6 is 34.2 Å². The first-order chi connectivity index (χ1) is 8.60. The van der Waals surface area contributed by atoms with Gasteiger partial charge in [-0.25, -0.2) is 0 Å². The number of likely N-dealkylation sites (N-methyl/N-ethyl adjacent to an activating group) is 1. The van der Waals surface area contributed by atoms with E-state index in [1.54, 1.807) is 0 Å². The van der Waals surface area contributed by atoms with Crippen LogP contribution in [0.3, 0.4) is 0 Å². The molecule has 0 saturated heterocycles. The predicted octanol–water partition coefficient (Wildman–Crippen LogP) is 3.15. The van der Waals surface area contributed by atoms with Crippen LogP contribution in [0.15, 0.2) is 22.7 Å². The summed E-state index contributed by atoms with van der Waals surface area (Å²) in [6, 6.07) is 5.96. The molecule has 0 aliphatic carbocycles. The minimum Gasteiger partial charge on any atom is -0.334 e. The van der Waals surface area contributed by atoms with Crippen LogP contribution in [0, 0.1) is 3.57 Å². The molecule has 96 valence electrons. The Hall–Kier alpha value is -0.660. The van der Waals surface area contributed by atoms with Crippen molar-refractivity contribution < 1.29 is 4.52 Å². The Balaban J connectivity index is 2.21. The second-order valence-corrected chi connectivity index (χ2v) is 5.61. The molecule has 2 aromatic rings. The first-order valence-corrected chi connectivity index (χ1v) is 7.01. The first kappa shape index (κ1) is 13.8. The lowest BCUT2D eigenvalue weighted by Gasteiger charge is -2.04. The molecule has 0 aliphatic rings. The van der Waals surface area contributed by atoms with E-state index in [1.807, 2.05) is 25.2 Å². The van der Waals surface area contributed by atoms with Crippen LogP contribution < -0.4 is 5.32 Å². The highest BCUT2D eigenvalue weighted by Gasteiger charge is 2.12. The fourth-order valence-electron chi connectivity index (χ4n) is 1.46. The number of rotatable bonds is 4. The van der Waals surface area contributed by atoms with Gasteiger partial charge in [0, 0.05) is 21.6 Å². The Bertz CT molecular complexity index is 544. The van der Waals surface area contributed by atoms with Gasteiger partial charge in [-0.3, -0.25) is 0 Å². The molecule has 0 radical (unpaired) electrons. The van der Waals surface area contributed by atoms with E-state index < -0.39 is 0 Å². The molecule has 1 atom stereocenters. The molecule has 0 saturated carbocycles. The summed E-state index contributed by atoms with van der Waals surface area (Å²) in [6.07, 6.45) is 0.741. The third kappa shape index (κ3) is 3.21. The standard InChI is InChI=1S/C12H13ClIN3O/c1-7(15-2)5-11-16-12(18-17-11)8-3-4-9(13)10(14)6-8/h3-4,6-7,15H,5H2,1-2H3. The number of nitrogens with zero attached hydrogens (tertiary/aromatic N) is 2. The zero-order valence-corrected chi connectivity index (χ0v) is 13.0. The Morgan fingerprint density at radius 1 is 1.50 bits per heavy atom. The van der Waals surface area contributed by atoms with Gasteiger partial charge in [0.05, 0.1) is 5.02 Å². The monoisotopic (exact) mass is 377 g/mol. The molecule has 1 unspecified atom stereocenters. The van der Waals surface area contributed by atoms with E-state index in [2.05, 4.69) is 45.0 Å². The lowest BCUT2D eigenvalue weighted by atomic mass is 10.2. The molecule has 0 aliphatic heterocycles. The van der Waals surface area contributed by atoms with Crippen molar-refractivity contribution in [3.05, 3.63) is 32.6 Å². The minimum atomic E-state index is 0.320. The minimum absolute atomic E-state index is 0.320. The van der Waals surface area contributed by atoms with E-state index in [-0.39, 0.29) is 0 Å². The molecule has 6 heteroatoms. The van der Waals surface area contributed by atoms with Crippen LogP contribution in [-0.2, 0) is 6.42 Å². The lowest BCUT2D eigenvalue weighted by Crippen LogP contribution is -2.24. The summed E-state index contributed by atoms with van der Waals surface area (Å²) in [7, 11) is 1.91. The number of hydrogen-bond acceptors (Lipinski definition) is 4. The van der Waals surface area contributed by atoms with Crippen molar-refractivity contribution in [1.29, 1.82) is 0 Å². The van der Waals surface area contributed by atoms with Gasteiger partial charge in [0.15, 0.2) is 5.82 Å². The van der Waals surface area contributed by atoms with Gasteiger partial charge < -0.3 is 9.84 Å². The number of halogens is 2. The summed E-state index contributed by atoms with van der Waals surface area (Å²) in [5, 5.41) is 7.83. The highest BCUT2D eigenvalue weighted by atomic mass is 127. The smallest absolute Gasteiger partial charge is 0.257 e. The Labute approximate surface area is 124 Å². The molecule has 1 N–H and O–H groups in total. The highest BCUT2D eigenvalue weighted by molar-refractivity contribution is 14.1. The first-order valence-electron chi connectivity index (χ1n) is 5.55. The normalized spacial score (nSPS) is 12.7. The maximum Gasteiger partial charge on any atom is 0.257 e. The maximum atomic E-state index is 5.98.